The van der Waals surface area contributed by atoms with E-state index in [0.717, 1.165) is 0 Å². The molecule has 0 aromatic rings. The van der Waals surface area contributed by atoms with Gasteiger partial charge in [-0.3, -0.25) is 4.52 Å². The quantitative estimate of drug-likeness (QED) is 0.0324. The lowest BCUT2D eigenvalue weighted by Gasteiger charge is -2.52. The third-order valence-electron chi connectivity index (χ3n) is 16.9. The van der Waals surface area contributed by atoms with Gasteiger partial charge in [0, 0.05) is 12.8 Å². The Morgan fingerprint density at radius 1 is 0.438 bits per heavy atom. The van der Waals surface area contributed by atoms with Gasteiger partial charge < -0.3 is 209 Å². The van der Waals surface area contributed by atoms with Gasteiger partial charge in [-0.05, 0) is 0 Å². The average molecular weight is 1440 g/mol. The van der Waals surface area contributed by atoms with E-state index >= 15 is 0 Å². The van der Waals surface area contributed by atoms with Crippen molar-refractivity contribution >= 4 is 19.8 Å². The second-order valence-corrected chi connectivity index (χ2v) is 24.8. The molecule has 0 unspecified atom stereocenters. The third kappa shape index (κ3) is 17.4. The van der Waals surface area contributed by atoms with Crippen molar-refractivity contribution in [1.82, 2.24) is 0 Å². The Bertz CT molecular complexity index is 2510. The van der Waals surface area contributed by atoms with E-state index in [0.29, 0.717) is 0 Å². The summed E-state index contributed by atoms with van der Waals surface area (Å²) in [5.74, 6) is -11.7. The second-order valence-electron chi connectivity index (χ2n) is 23.6. The third-order valence-corrected chi connectivity index (χ3v) is 17.4. The Morgan fingerprint density at radius 3 is 1.44 bits per heavy atom. The summed E-state index contributed by atoms with van der Waals surface area (Å²) in [6.45, 7) is -8.74. The first-order valence-corrected chi connectivity index (χ1v) is 30.8. The highest BCUT2D eigenvalue weighted by Gasteiger charge is 2.64. The molecule has 7 aliphatic heterocycles. The molecule has 0 amide bonds. The predicted molar refractivity (Wildman–Crippen MR) is 283 cm³/mol. The number of phosphoric acid groups is 1. The van der Waals surface area contributed by atoms with Crippen LogP contribution < -0.4 is 0 Å². The molecule has 0 aromatic carbocycles. The molecule has 7 saturated heterocycles. The highest BCUT2D eigenvalue weighted by Crippen LogP contribution is 2.46. The van der Waals surface area contributed by atoms with Crippen molar-refractivity contribution in [2.24, 2.45) is 0 Å². The number of carboxylic acids is 2. The lowest BCUT2D eigenvalue weighted by Crippen LogP contribution is -2.70. The van der Waals surface area contributed by atoms with E-state index in [2.05, 4.69) is 0 Å². The molecule has 46 nitrogen and oxygen atoms in total. The molecular formula is C49H83O46P. The molecule has 0 aromatic heterocycles. The number of rotatable bonds is 28. The van der Waals surface area contributed by atoms with Crippen molar-refractivity contribution in [2.75, 3.05) is 46.2 Å². The predicted octanol–water partition coefficient (Wildman–Crippen LogP) is -18.4. The maximum atomic E-state index is 13.2. The van der Waals surface area contributed by atoms with Crippen molar-refractivity contribution in [1.29, 1.82) is 0 Å². The molecule has 0 radical (unpaired) electrons. The molecular weight excluding hydrogens is 1360 g/mol. The number of hydrogen-bond donors (Lipinski definition) is 29. The van der Waals surface area contributed by atoms with E-state index in [-0.39, 0.29) is 0 Å². The fraction of sp³-hybridized carbons (Fsp3) is 0.959. The summed E-state index contributed by atoms with van der Waals surface area (Å²) < 4.78 is 90.2. The van der Waals surface area contributed by atoms with E-state index in [1.54, 1.807) is 0 Å². The number of aliphatic hydroxyl groups is 25. The molecule has 0 aliphatic carbocycles. The van der Waals surface area contributed by atoms with E-state index in [1.807, 2.05) is 0 Å². The lowest BCUT2D eigenvalue weighted by molar-refractivity contribution is -0.405. The molecule has 0 saturated carbocycles. The van der Waals surface area contributed by atoms with Gasteiger partial charge in [0.2, 0.25) is 0 Å². The molecule has 7 rings (SSSR count). The minimum Gasteiger partial charge on any atom is -0.477 e. The Kier molecular flexibility index (Phi) is 28.1. The molecule has 0 spiro atoms. The molecule has 560 valence electrons. The molecule has 38 atom stereocenters. The summed E-state index contributed by atoms with van der Waals surface area (Å²) in [5, 5.41) is 291. The van der Waals surface area contributed by atoms with Crippen LogP contribution in [0.5, 0.6) is 0 Å². The number of phosphoric ester groups is 1. The second kappa shape index (κ2) is 33.3. The van der Waals surface area contributed by atoms with Gasteiger partial charge in [-0.25, -0.2) is 14.2 Å². The standard InChI is InChI=1S/C49H83O46P/c50-3-11(56)32-25(67)24(66)27(69)42(86-32)82-8-15(60)33-29(71)38(90-43-28(70)23(65)21(63)18(85-43)9-83-41-26(68)22(64)20(62)17(7-54)84-41)30(72)44(87-33)91-39-31(73)45(88-35(13(58)5-52)40(39)95-96(79,80)81)89-37-16(2-48(78,46(74)75)93-36(37)14(59)6-53)92-49(47(76)77)1-10(55)19(61)34(94-49)12(57)4-51/h10-45,50-73,78H,1-9H2,(H,74,75)(H,76,77)(H2,79,80,81)/t10-,11+,12-,13+,14-,15+,16-,17-,18-,19-,20+,21-,22+,23+,24+,25+,26-,27+,28-,29-,30+,31+,32-,33-,34-,35-,36-,37-,38+,39-,40-,41+,42+,43-,44-,45-,48-,49-/m1/s1. The SMILES string of the molecule is O=C(O)[C@@]1(O[C@@H]2C[C@](O)(C(=O)O)O[C@H]([C@H](O)CO)[C@@H]2O[C@H]2O[C@H]([C@@H](O)CO)[C@@H](OP(=O)(O)O)[C@H](O[C@H]3O[C@H]([C@@H](O)CO[C@H]4O[C@H]([C@@H](O)CO)[C@@H](O)[C@H](O)[C@@H]4O)[C@@H](O)[C@H](O[C@H]4O[C@H](CO[C@H]5O[C@H](CO)[C@H](O)[C@H](O)[C@H]5O)[C@@H](O)[C@H](O)[C@H]4O)[C@@H]3O)[C@@H]2O)C[C@@H](O)[C@@H](O)[C@@H]([C@H](O)CO)O1. The summed E-state index contributed by atoms with van der Waals surface area (Å²) in [7, 11) is -6.11. The van der Waals surface area contributed by atoms with Crippen LogP contribution >= 0.6 is 7.82 Å². The number of carbonyl (C=O) groups is 2. The molecule has 7 aliphatic rings. The summed E-state index contributed by atoms with van der Waals surface area (Å²) in [5.41, 5.74) is 0. The van der Waals surface area contributed by atoms with E-state index in [4.69, 9.17) is 66.1 Å². The van der Waals surface area contributed by atoms with Gasteiger partial charge in [-0.2, -0.15) is 0 Å². The van der Waals surface area contributed by atoms with Crippen molar-refractivity contribution in [3.8, 4) is 0 Å². The van der Waals surface area contributed by atoms with Gasteiger partial charge in [0.05, 0.1) is 58.5 Å². The van der Waals surface area contributed by atoms with E-state index in [9.17, 15) is 162 Å². The Labute approximate surface area is 538 Å². The van der Waals surface area contributed by atoms with Crippen molar-refractivity contribution in [3.63, 3.8) is 0 Å². The van der Waals surface area contributed by atoms with Crippen LogP contribution in [0, 0.1) is 0 Å². The first kappa shape index (κ1) is 80.8. The number of aliphatic hydroxyl groups excluding tert-OH is 24. The summed E-state index contributed by atoms with van der Waals surface area (Å²) in [6, 6.07) is 0. The van der Waals surface area contributed by atoms with Crippen molar-refractivity contribution in [2.45, 2.75) is 245 Å². The van der Waals surface area contributed by atoms with Crippen LogP contribution in [0.25, 0.3) is 0 Å². The molecule has 7 heterocycles. The number of hydrogen-bond acceptors (Lipinski definition) is 42. The van der Waals surface area contributed by atoms with Gasteiger partial charge >= 0.3 is 19.8 Å². The zero-order chi connectivity index (χ0) is 71.7. The zero-order valence-electron chi connectivity index (χ0n) is 49.5. The number of ether oxygens (including phenoxy) is 13. The smallest absolute Gasteiger partial charge is 0.470 e. The topological polar surface area (TPSA) is 767 Å². The molecule has 0 bridgehead atoms. The van der Waals surface area contributed by atoms with Gasteiger partial charge in [-0.1, -0.05) is 0 Å². The fourth-order valence-electron chi connectivity index (χ4n) is 11.6. The first-order valence-electron chi connectivity index (χ1n) is 29.3. The van der Waals surface area contributed by atoms with Crippen LogP contribution in [0.4, 0.5) is 0 Å². The lowest BCUT2D eigenvalue weighted by atomic mass is 9.89. The van der Waals surface area contributed by atoms with Gasteiger partial charge in [0.25, 0.3) is 11.6 Å². The Morgan fingerprint density at radius 2 is 0.885 bits per heavy atom. The highest BCUT2D eigenvalue weighted by molar-refractivity contribution is 7.46. The number of aliphatic carboxylic acids is 2. The minimum atomic E-state index is -6.11. The van der Waals surface area contributed by atoms with Crippen LogP contribution in [0.15, 0.2) is 0 Å². The van der Waals surface area contributed by atoms with Crippen LogP contribution in [0.3, 0.4) is 0 Å². The van der Waals surface area contributed by atoms with E-state index in [1.165, 1.54) is 0 Å². The molecule has 7 fully saturated rings. The summed E-state index contributed by atoms with van der Waals surface area (Å²) in [4.78, 5) is 46.4. The molecule has 96 heavy (non-hydrogen) atoms. The summed E-state index contributed by atoms with van der Waals surface area (Å²) in [6.07, 6.45) is -88.5. The largest absolute Gasteiger partial charge is 0.477 e. The van der Waals surface area contributed by atoms with Crippen molar-refractivity contribution < 1.29 is 228 Å². The number of carboxylic acid groups (broad SMARTS) is 2. The van der Waals surface area contributed by atoms with Crippen LogP contribution in [-0.2, 0) is 80.3 Å². The van der Waals surface area contributed by atoms with E-state index < -0.39 is 311 Å². The van der Waals surface area contributed by atoms with Crippen molar-refractivity contribution in [3.05, 3.63) is 0 Å². The minimum absolute atomic E-state index is 0.945. The average Bonchev–Trinajstić information content (AvgIpc) is 0.750. The van der Waals surface area contributed by atoms with Gasteiger partial charge in [0.1, 0.15) is 177 Å². The van der Waals surface area contributed by atoms with Gasteiger partial charge in [-0.15, -0.1) is 0 Å². The fourth-order valence-corrected chi connectivity index (χ4v) is 12.2. The monoisotopic (exact) mass is 1440 g/mol. The maximum absolute atomic E-state index is 13.2. The molecule has 47 heteroatoms. The normalized spacial score (nSPS) is 47.5. The van der Waals surface area contributed by atoms with Crippen LogP contribution in [0.1, 0.15) is 12.8 Å². The highest BCUT2D eigenvalue weighted by atomic mass is 31.2. The zero-order valence-corrected chi connectivity index (χ0v) is 50.4. The van der Waals surface area contributed by atoms with Crippen LogP contribution in [-0.4, -0.2) is 438 Å². The molecule has 29 N–H and O–H groups in total. The Hall–Kier alpha value is -2.47. The van der Waals surface area contributed by atoms with Crippen LogP contribution in [0.2, 0.25) is 0 Å². The first-order chi connectivity index (χ1) is 44.8. The van der Waals surface area contributed by atoms with Gasteiger partial charge in [0.15, 0.2) is 31.5 Å². The summed E-state index contributed by atoms with van der Waals surface area (Å²) >= 11 is 0. The maximum Gasteiger partial charge on any atom is 0.470 e. The Balaban J connectivity index is 1.28.